The maximum atomic E-state index is 11.4. The monoisotopic (exact) mass is 336 g/mol. The molecule has 1 N–H and O–H groups in total. The van der Waals surface area contributed by atoms with Crippen LogP contribution in [-0.4, -0.2) is 36.9 Å². The first kappa shape index (κ1) is 24.4. The SMILES string of the molecule is CC.CC.CNC(=O)CC(=O)N1CCCCC1.Cc1ccccc1. The van der Waals surface area contributed by atoms with E-state index in [0.717, 1.165) is 25.9 Å². The molecule has 1 aliphatic rings. The first-order valence-corrected chi connectivity index (χ1v) is 9.13. The van der Waals surface area contributed by atoms with Gasteiger partial charge >= 0.3 is 0 Å². The fourth-order valence-corrected chi connectivity index (χ4v) is 2.02. The lowest BCUT2D eigenvalue weighted by Crippen LogP contribution is -2.38. The van der Waals surface area contributed by atoms with Gasteiger partial charge in [0, 0.05) is 20.1 Å². The van der Waals surface area contributed by atoms with Gasteiger partial charge in [0.15, 0.2) is 0 Å². The van der Waals surface area contributed by atoms with Crippen LogP contribution in [-0.2, 0) is 9.59 Å². The van der Waals surface area contributed by atoms with Crippen LogP contribution in [0, 0.1) is 6.92 Å². The molecule has 2 rings (SSSR count). The van der Waals surface area contributed by atoms with Crippen molar-refractivity contribution in [2.24, 2.45) is 0 Å². The molecule has 0 radical (unpaired) electrons. The molecular weight excluding hydrogens is 300 g/mol. The Bertz CT molecular complexity index is 413. The maximum absolute atomic E-state index is 11.4. The largest absolute Gasteiger partial charge is 0.359 e. The third-order valence-electron chi connectivity index (χ3n) is 3.24. The molecule has 1 fully saturated rings. The second-order valence-electron chi connectivity index (χ2n) is 4.95. The summed E-state index contributed by atoms with van der Waals surface area (Å²) in [4.78, 5) is 24.1. The van der Waals surface area contributed by atoms with Gasteiger partial charge in [0.1, 0.15) is 6.42 Å². The number of likely N-dealkylation sites (tertiary alicyclic amines) is 1. The van der Waals surface area contributed by atoms with Crippen LogP contribution in [0.1, 0.15) is 58.9 Å². The summed E-state index contributed by atoms with van der Waals surface area (Å²) in [6.45, 7) is 11.7. The second-order valence-corrected chi connectivity index (χ2v) is 4.95. The van der Waals surface area contributed by atoms with Gasteiger partial charge in [-0.05, 0) is 26.2 Å². The van der Waals surface area contributed by atoms with E-state index in [1.807, 2.05) is 45.9 Å². The fourth-order valence-electron chi connectivity index (χ4n) is 2.02. The van der Waals surface area contributed by atoms with Gasteiger partial charge in [0.2, 0.25) is 11.8 Å². The van der Waals surface area contributed by atoms with Crippen molar-refractivity contribution in [1.29, 1.82) is 0 Å². The summed E-state index contributed by atoms with van der Waals surface area (Å²) in [5.74, 6) is -0.241. The minimum absolute atomic E-state index is 0.00347. The Morgan fingerprint density at radius 3 is 1.83 bits per heavy atom. The van der Waals surface area contributed by atoms with Crippen LogP contribution in [0.4, 0.5) is 0 Å². The van der Waals surface area contributed by atoms with Gasteiger partial charge in [-0.3, -0.25) is 9.59 Å². The Balaban J connectivity index is 0. The van der Waals surface area contributed by atoms with Crippen molar-refractivity contribution in [3.63, 3.8) is 0 Å². The molecule has 0 aromatic heterocycles. The minimum Gasteiger partial charge on any atom is -0.359 e. The van der Waals surface area contributed by atoms with Gasteiger partial charge in [-0.25, -0.2) is 0 Å². The number of hydrogen-bond donors (Lipinski definition) is 1. The highest BCUT2D eigenvalue weighted by Gasteiger charge is 2.18. The Morgan fingerprint density at radius 1 is 0.958 bits per heavy atom. The zero-order valence-corrected chi connectivity index (χ0v) is 16.4. The van der Waals surface area contributed by atoms with Gasteiger partial charge in [-0.1, -0.05) is 63.6 Å². The van der Waals surface area contributed by atoms with Crippen LogP contribution in [0.3, 0.4) is 0 Å². The van der Waals surface area contributed by atoms with E-state index in [9.17, 15) is 9.59 Å². The first-order valence-electron chi connectivity index (χ1n) is 9.13. The number of benzene rings is 1. The fraction of sp³-hybridized carbons (Fsp3) is 0.600. The average Bonchev–Trinajstić information content (AvgIpc) is 2.66. The standard InChI is InChI=1S/C9H16N2O2.C7H8.2C2H6/c1-10-8(12)7-9(13)11-5-3-2-4-6-11;1-7-5-3-2-4-6-7;2*1-2/h2-7H2,1H3,(H,10,12);2-6H,1H3;2*1-2H3. The smallest absolute Gasteiger partial charge is 0.232 e. The van der Waals surface area contributed by atoms with Crippen LogP contribution in [0.5, 0.6) is 0 Å². The molecule has 0 aliphatic carbocycles. The lowest BCUT2D eigenvalue weighted by molar-refractivity contribution is -0.136. The van der Waals surface area contributed by atoms with E-state index < -0.39 is 0 Å². The number of piperidine rings is 1. The molecule has 0 spiro atoms. The normalized spacial score (nSPS) is 12.2. The molecule has 1 aromatic rings. The van der Waals surface area contributed by atoms with Crippen LogP contribution < -0.4 is 5.32 Å². The minimum atomic E-state index is -0.199. The highest BCUT2D eigenvalue weighted by atomic mass is 16.2. The van der Waals surface area contributed by atoms with Crippen LogP contribution in [0.25, 0.3) is 0 Å². The topological polar surface area (TPSA) is 49.4 Å². The second kappa shape index (κ2) is 17.5. The van der Waals surface area contributed by atoms with Gasteiger partial charge in [0.05, 0.1) is 0 Å². The van der Waals surface area contributed by atoms with Crippen molar-refractivity contribution in [2.75, 3.05) is 20.1 Å². The number of rotatable bonds is 2. The zero-order chi connectivity index (χ0) is 18.8. The van der Waals surface area contributed by atoms with E-state index in [-0.39, 0.29) is 18.2 Å². The zero-order valence-electron chi connectivity index (χ0n) is 16.4. The number of hydrogen-bond acceptors (Lipinski definition) is 2. The van der Waals surface area contributed by atoms with Gasteiger partial charge in [0.25, 0.3) is 0 Å². The quantitative estimate of drug-likeness (QED) is 0.824. The highest BCUT2D eigenvalue weighted by Crippen LogP contribution is 2.09. The van der Waals surface area contributed by atoms with Crippen molar-refractivity contribution in [1.82, 2.24) is 10.2 Å². The molecule has 0 saturated carbocycles. The molecule has 0 unspecified atom stereocenters. The van der Waals surface area contributed by atoms with E-state index in [1.54, 1.807) is 11.9 Å². The molecule has 24 heavy (non-hydrogen) atoms. The number of nitrogens with zero attached hydrogens (tertiary/aromatic N) is 1. The lowest BCUT2D eigenvalue weighted by Gasteiger charge is -2.26. The summed E-state index contributed by atoms with van der Waals surface area (Å²) in [6, 6.07) is 10.3. The summed E-state index contributed by atoms with van der Waals surface area (Å²) in [7, 11) is 1.55. The summed E-state index contributed by atoms with van der Waals surface area (Å²) in [6.07, 6.45) is 3.33. The Kier molecular flexibility index (Phi) is 17.8. The van der Waals surface area contributed by atoms with E-state index in [4.69, 9.17) is 0 Å². The first-order chi connectivity index (χ1) is 11.6. The molecule has 1 aliphatic heterocycles. The predicted octanol–water partition coefficient (Wildman–Crippen LogP) is 4.18. The van der Waals surface area contributed by atoms with E-state index >= 15 is 0 Å². The summed E-state index contributed by atoms with van der Waals surface area (Å²) in [5.41, 5.74) is 1.32. The molecule has 138 valence electrons. The number of carbonyl (C=O) groups excluding carboxylic acids is 2. The molecule has 4 heteroatoms. The van der Waals surface area contributed by atoms with Crippen molar-refractivity contribution in [2.45, 2.75) is 60.3 Å². The molecular formula is C20H36N2O2. The Hall–Kier alpha value is -1.84. The number of nitrogens with one attached hydrogen (secondary N) is 1. The van der Waals surface area contributed by atoms with E-state index in [0.29, 0.717) is 0 Å². The van der Waals surface area contributed by atoms with Crippen molar-refractivity contribution < 1.29 is 9.59 Å². The van der Waals surface area contributed by atoms with E-state index in [2.05, 4.69) is 24.4 Å². The molecule has 1 saturated heterocycles. The van der Waals surface area contributed by atoms with Crippen LogP contribution >= 0.6 is 0 Å². The Morgan fingerprint density at radius 2 is 1.46 bits per heavy atom. The Labute approximate surface area is 148 Å². The van der Waals surface area contributed by atoms with Crippen molar-refractivity contribution in [3.8, 4) is 0 Å². The number of carbonyl (C=O) groups is 2. The summed E-state index contributed by atoms with van der Waals surface area (Å²) in [5, 5.41) is 2.45. The van der Waals surface area contributed by atoms with Crippen molar-refractivity contribution in [3.05, 3.63) is 35.9 Å². The van der Waals surface area contributed by atoms with Gasteiger partial charge < -0.3 is 10.2 Å². The van der Waals surface area contributed by atoms with Gasteiger partial charge in [-0.2, -0.15) is 0 Å². The molecule has 1 heterocycles. The highest BCUT2D eigenvalue weighted by molar-refractivity contribution is 5.96. The molecule has 0 atom stereocenters. The van der Waals surface area contributed by atoms with Crippen LogP contribution in [0.2, 0.25) is 0 Å². The van der Waals surface area contributed by atoms with Crippen LogP contribution in [0.15, 0.2) is 30.3 Å². The predicted molar refractivity (Wildman–Crippen MR) is 103 cm³/mol. The number of aryl methyl sites for hydroxylation is 1. The maximum Gasteiger partial charge on any atom is 0.232 e. The average molecular weight is 337 g/mol. The third kappa shape index (κ3) is 12.7. The van der Waals surface area contributed by atoms with Gasteiger partial charge in [-0.15, -0.1) is 0 Å². The summed E-state index contributed by atoms with van der Waals surface area (Å²) < 4.78 is 0. The molecule has 4 nitrogen and oxygen atoms in total. The molecule has 1 aromatic carbocycles. The summed E-state index contributed by atoms with van der Waals surface area (Å²) >= 11 is 0. The third-order valence-corrected chi connectivity index (χ3v) is 3.24. The molecule has 2 amide bonds. The van der Waals surface area contributed by atoms with Crippen molar-refractivity contribution >= 4 is 11.8 Å². The number of amides is 2. The molecule has 0 bridgehead atoms. The van der Waals surface area contributed by atoms with E-state index in [1.165, 1.54) is 12.0 Å². The lowest BCUT2D eigenvalue weighted by atomic mass is 10.1.